The van der Waals surface area contributed by atoms with Crippen LogP contribution in [-0.2, 0) is 0 Å². The maximum atomic E-state index is 12.9. The molecule has 0 spiro atoms. The SMILES string of the molecule is CCN1CCCCN[C@@H]2CCCC[C@@H]2Oc2ccccc2C1=O. The van der Waals surface area contributed by atoms with Crippen molar-refractivity contribution >= 4 is 5.91 Å². The average molecular weight is 316 g/mol. The molecule has 2 aliphatic rings. The van der Waals surface area contributed by atoms with Crippen LogP contribution in [0.4, 0.5) is 0 Å². The van der Waals surface area contributed by atoms with Gasteiger partial charge in [-0.25, -0.2) is 0 Å². The number of para-hydroxylation sites is 1. The molecule has 1 heterocycles. The fourth-order valence-electron chi connectivity index (χ4n) is 3.67. The van der Waals surface area contributed by atoms with Crippen molar-refractivity contribution in [2.24, 2.45) is 0 Å². The number of ether oxygens (including phenoxy) is 1. The van der Waals surface area contributed by atoms with E-state index in [1.54, 1.807) is 0 Å². The molecule has 1 aromatic rings. The smallest absolute Gasteiger partial charge is 0.257 e. The van der Waals surface area contributed by atoms with Crippen LogP contribution in [0.2, 0.25) is 0 Å². The van der Waals surface area contributed by atoms with Crippen LogP contribution in [0.3, 0.4) is 0 Å². The lowest BCUT2D eigenvalue weighted by molar-refractivity contribution is 0.0733. The molecule has 3 rings (SSSR count). The second kappa shape index (κ2) is 7.82. The van der Waals surface area contributed by atoms with E-state index in [1.165, 1.54) is 19.3 Å². The van der Waals surface area contributed by atoms with Gasteiger partial charge in [-0.2, -0.15) is 0 Å². The van der Waals surface area contributed by atoms with E-state index in [9.17, 15) is 4.79 Å². The first kappa shape index (κ1) is 16.3. The monoisotopic (exact) mass is 316 g/mol. The molecule has 0 unspecified atom stereocenters. The van der Waals surface area contributed by atoms with E-state index in [2.05, 4.69) is 5.32 Å². The lowest BCUT2D eigenvalue weighted by Gasteiger charge is -2.34. The number of fused-ring (bicyclic) bond motifs is 2. The van der Waals surface area contributed by atoms with Crippen molar-refractivity contribution in [1.29, 1.82) is 0 Å². The second-order valence-electron chi connectivity index (χ2n) is 6.59. The zero-order valence-electron chi connectivity index (χ0n) is 14.1. The van der Waals surface area contributed by atoms with Crippen LogP contribution < -0.4 is 10.1 Å². The number of carbonyl (C=O) groups is 1. The van der Waals surface area contributed by atoms with Crippen molar-refractivity contribution in [3.63, 3.8) is 0 Å². The van der Waals surface area contributed by atoms with Gasteiger partial charge in [0.2, 0.25) is 0 Å². The highest BCUT2D eigenvalue weighted by molar-refractivity contribution is 5.96. The molecule has 2 atom stereocenters. The molecule has 0 radical (unpaired) electrons. The van der Waals surface area contributed by atoms with Gasteiger partial charge in [-0.05, 0) is 57.7 Å². The minimum Gasteiger partial charge on any atom is -0.488 e. The van der Waals surface area contributed by atoms with E-state index in [1.807, 2.05) is 36.1 Å². The minimum absolute atomic E-state index is 0.101. The molecule has 1 fully saturated rings. The Balaban J connectivity index is 1.89. The van der Waals surface area contributed by atoms with E-state index in [0.29, 0.717) is 11.6 Å². The van der Waals surface area contributed by atoms with Gasteiger partial charge in [-0.3, -0.25) is 4.79 Å². The highest BCUT2D eigenvalue weighted by Gasteiger charge is 2.28. The largest absolute Gasteiger partial charge is 0.488 e. The van der Waals surface area contributed by atoms with Crippen LogP contribution in [0.5, 0.6) is 5.75 Å². The standard InChI is InChI=1S/C19H28N2O2/c1-2-21-14-8-7-13-20-16-10-4-6-12-18(16)23-17-11-5-3-9-15(17)19(21)22/h3,5,9,11,16,18,20H,2,4,6-8,10,12-14H2,1H3/t16-,18+/m1/s1. The van der Waals surface area contributed by atoms with E-state index in [4.69, 9.17) is 4.74 Å². The number of nitrogens with one attached hydrogen (secondary N) is 1. The molecular formula is C19H28N2O2. The van der Waals surface area contributed by atoms with Gasteiger partial charge < -0.3 is 15.0 Å². The first-order valence-corrected chi connectivity index (χ1v) is 9.08. The van der Waals surface area contributed by atoms with Crippen LogP contribution in [0, 0.1) is 0 Å². The molecule has 1 N–H and O–H groups in total. The van der Waals surface area contributed by atoms with Crippen LogP contribution in [0.15, 0.2) is 24.3 Å². The Bertz CT molecular complexity index is 532. The number of amides is 1. The zero-order chi connectivity index (χ0) is 16.1. The van der Waals surface area contributed by atoms with Gasteiger partial charge in [0.25, 0.3) is 5.91 Å². The fourth-order valence-corrected chi connectivity index (χ4v) is 3.67. The molecule has 1 aliphatic heterocycles. The molecule has 0 saturated heterocycles. The predicted octanol–water partition coefficient (Wildman–Crippen LogP) is 3.22. The maximum absolute atomic E-state index is 12.9. The lowest BCUT2D eigenvalue weighted by atomic mass is 9.92. The molecule has 23 heavy (non-hydrogen) atoms. The zero-order valence-corrected chi connectivity index (χ0v) is 14.1. The molecule has 1 saturated carbocycles. The fraction of sp³-hybridized carbons (Fsp3) is 0.632. The van der Waals surface area contributed by atoms with Gasteiger partial charge in [0.05, 0.1) is 5.56 Å². The average Bonchev–Trinajstić information content (AvgIpc) is 2.58. The molecule has 0 aromatic heterocycles. The van der Waals surface area contributed by atoms with Gasteiger partial charge in [-0.1, -0.05) is 18.6 Å². The van der Waals surface area contributed by atoms with Crippen LogP contribution in [0.1, 0.15) is 55.8 Å². The summed E-state index contributed by atoms with van der Waals surface area (Å²) in [5, 5.41) is 3.69. The van der Waals surface area contributed by atoms with Crippen molar-refractivity contribution in [2.75, 3.05) is 19.6 Å². The number of carbonyl (C=O) groups excluding carboxylic acids is 1. The second-order valence-corrected chi connectivity index (χ2v) is 6.59. The van der Waals surface area contributed by atoms with Crippen molar-refractivity contribution in [3.8, 4) is 5.75 Å². The summed E-state index contributed by atoms with van der Waals surface area (Å²) >= 11 is 0. The number of hydrogen-bond donors (Lipinski definition) is 1. The normalized spacial score (nSPS) is 26.3. The summed E-state index contributed by atoms with van der Waals surface area (Å²) in [5.74, 6) is 0.846. The van der Waals surface area contributed by atoms with Crippen molar-refractivity contribution < 1.29 is 9.53 Å². The van der Waals surface area contributed by atoms with Crippen molar-refractivity contribution in [3.05, 3.63) is 29.8 Å². The van der Waals surface area contributed by atoms with Gasteiger partial charge in [0.1, 0.15) is 11.9 Å². The first-order chi connectivity index (χ1) is 11.3. The van der Waals surface area contributed by atoms with E-state index in [0.717, 1.165) is 44.6 Å². The van der Waals surface area contributed by atoms with Gasteiger partial charge in [0.15, 0.2) is 0 Å². The molecule has 1 aliphatic carbocycles. The molecule has 1 amide bonds. The quantitative estimate of drug-likeness (QED) is 0.865. The highest BCUT2D eigenvalue weighted by atomic mass is 16.5. The molecule has 1 aromatic carbocycles. The summed E-state index contributed by atoms with van der Waals surface area (Å²) in [6, 6.07) is 8.14. The van der Waals surface area contributed by atoms with Gasteiger partial charge in [0, 0.05) is 19.1 Å². The van der Waals surface area contributed by atoms with E-state index in [-0.39, 0.29) is 12.0 Å². The molecule has 4 nitrogen and oxygen atoms in total. The summed E-state index contributed by atoms with van der Waals surface area (Å²) in [5.41, 5.74) is 0.708. The summed E-state index contributed by atoms with van der Waals surface area (Å²) in [4.78, 5) is 14.8. The van der Waals surface area contributed by atoms with Crippen molar-refractivity contribution in [1.82, 2.24) is 10.2 Å². The number of rotatable bonds is 1. The van der Waals surface area contributed by atoms with E-state index >= 15 is 0 Å². The Morgan fingerprint density at radius 1 is 1.17 bits per heavy atom. The molecular weight excluding hydrogens is 288 g/mol. The Labute approximate surface area is 139 Å². The molecule has 4 heteroatoms. The third-order valence-electron chi connectivity index (χ3n) is 5.03. The number of benzene rings is 1. The Morgan fingerprint density at radius 3 is 2.87 bits per heavy atom. The summed E-state index contributed by atoms with van der Waals surface area (Å²) in [6.45, 7) is 4.62. The number of hydrogen-bond acceptors (Lipinski definition) is 3. The predicted molar refractivity (Wildman–Crippen MR) is 91.9 cm³/mol. The maximum Gasteiger partial charge on any atom is 0.257 e. The topological polar surface area (TPSA) is 41.6 Å². The third-order valence-corrected chi connectivity index (χ3v) is 5.03. The van der Waals surface area contributed by atoms with Crippen LogP contribution >= 0.6 is 0 Å². The molecule has 0 bridgehead atoms. The minimum atomic E-state index is 0.101. The summed E-state index contributed by atoms with van der Waals surface area (Å²) < 4.78 is 6.33. The Morgan fingerprint density at radius 2 is 2.00 bits per heavy atom. The Hall–Kier alpha value is -1.55. The van der Waals surface area contributed by atoms with Crippen LogP contribution in [0.25, 0.3) is 0 Å². The lowest BCUT2D eigenvalue weighted by Crippen LogP contribution is -2.46. The highest BCUT2D eigenvalue weighted by Crippen LogP contribution is 2.27. The van der Waals surface area contributed by atoms with Crippen molar-refractivity contribution in [2.45, 2.75) is 57.6 Å². The molecule has 126 valence electrons. The van der Waals surface area contributed by atoms with Gasteiger partial charge in [-0.15, -0.1) is 0 Å². The summed E-state index contributed by atoms with van der Waals surface area (Å²) in [7, 11) is 0. The number of nitrogens with zero attached hydrogens (tertiary/aromatic N) is 1. The van der Waals surface area contributed by atoms with Gasteiger partial charge >= 0.3 is 0 Å². The van der Waals surface area contributed by atoms with E-state index < -0.39 is 0 Å². The Kier molecular flexibility index (Phi) is 5.55. The first-order valence-electron chi connectivity index (χ1n) is 9.08. The third kappa shape index (κ3) is 3.86. The summed E-state index contributed by atoms with van der Waals surface area (Å²) in [6.07, 6.45) is 7.04. The van der Waals surface area contributed by atoms with Crippen LogP contribution in [-0.4, -0.2) is 42.6 Å².